The van der Waals surface area contributed by atoms with Crippen LogP contribution in [0.5, 0.6) is 0 Å². The van der Waals surface area contributed by atoms with Gasteiger partial charge in [-0.05, 0) is 23.9 Å². The van der Waals surface area contributed by atoms with Crippen molar-refractivity contribution in [2.75, 3.05) is 0 Å². The Hall–Kier alpha value is -2.65. The fourth-order valence-electron chi connectivity index (χ4n) is 2.23. The monoisotopic (exact) mass is 341 g/mol. The second kappa shape index (κ2) is 8.85. The molecule has 0 aliphatic heterocycles. The van der Waals surface area contributed by atoms with Crippen LogP contribution in [-0.4, -0.2) is 23.9 Å². The lowest BCUT2D eigenvalue weighted by Gasteiger charge is -2.20. The Kier molecular flexibility index (Phi) is 6.52. The molecule has 5 nitrogen and oxygen atoms in total. The van der Waals surface area contributed by atoms with Crippen molar-refractivity contribution >= 4 is 23.2 Å². The van der Waals surface area contributed by atoms with Crippen molar-refractivity contribution in [3.8, 4) is 6.07 Å². The number of rotatable bonds is 7. The fourth-order valence-corrected chi connectivity index (χ4v) is 2.85. The smallest absolute Gasteiger partial charge is 0.262 e. The zero-order chi connectivity index (χ0) is 17.4. The van der Waals surface area contributed by atoms with Gasteiger partial charge in [-0.25, -0.2) is 0 Å². The highest BCUT2D eigenvalue weighted by Crippen LogP contribution is 2.10. The quantitative estimate of drug-likeness (QED) is 0.812. The van der Waals surface area contributed by atoms with Gasteiger partial charge >= 0.3 is 0 Å². The number of thiophene rings is 1. The van der Waals surface area contributed by atoms with Crippen LogP contribution < -0.4 is 10.6 Å². The van der Waals surface area contributed by atoms with Crippen molar-refractivity contribution in [2.45, 2.75) is 31.8 Å². The first kappa shape index (κ1) is 17.7. The van der Waals surface area contributed by atoms with Crippen LogP contribution in [0.2, 0.25) is 0 Å². The van der Waals surface area contributed by atoms with E-state index in [2.05, 4.69) is 10.6 Å². The summed E-state index contributed by atoms with van der Waals surface area (Å²) >= 11 is 1.33. The van der Waals surface area contributed by atoms with Crippen LogP contribution in [-0.2, 0) is 11.2 Å². The van der Waals surface area contributed by atoms with E-state index in [-0.39, 0.29) is 24.3 Å². The molecule has 0 unspecified atom stereocenters. The molecular formula is C18H19N3O2S. The Bertz CT molecular complexity index is 708. The van der Waals surface area contributed by atoms with Gasteiger partial charge in [0.1, 0.15) is 6.04 Å². The molecular weight excluding hydrogens is 322 g/mol. The maximum atomic E-state index is 12.5. The predicted molar refractivity (Wildman–Crippen MR) is 93.6 cm³/mol. The van der Waals surface area contributed by atoms with Gasteiger partial charge in [0.2, 0.25) is 5.91 Å². The molecule has 1 aromatic heterocycles. The van der Waals surface area contributed by atoms with Crippen LogP contribution in [0, 0.1) is 11.3 Å². The normalized spacial score (nSPS) is 12.7. The van der Waals surface area contributed by atoms with Gasteiger partial charge in [0.05, 0.1) is 17.4 Å². The lowest BCUT2D eigenvalue weighted by atomic mass is 10.0. The van der Waals surface area contributed by atoms with E-state index in [4.69, 9.17) is 5.26 Å². The Morgan fingerprint density at radius 1 is 1.17 bits per heavy atom. The molecule has 1 heterocycles. The van der Waals surface area contributed by atoms with Gasteiger partial charge in [-0.2, -0.15) is 5.26 Å². The first-order chi connectivity index (χ1) is 11.6. The number of benzene rings is 1. The van der Waals surface area contributed by atoms with Gasteiger partial charge in [0, 0.05) is 12.5 Å². The maximum Gasteiger partial charge on any atom is 0.262 e. The molecule has 0 saturated carbocycles. The summed E-state index contributed by atoms with van der Waals surface area (Å²) in [5.74, 6) is -0.555. The summed E-state index contributed by atoms with van der Waals surface area (Å²) in [7, 11) is 0. The number of hydrogen-bond donors (Lipinski definition) is 2. The van der Waals surface area contributed by atoms with Crippen molar-refractivity contribution < 1.29 is 9.59 Å². The number of amides is 2. The molecule has 0 saturated heterocycles. The third-order valence-electron chi connectivity index (χ3n) is 3.44. The number of nitrogens with zero attached hydrogens (tertiary/aromatic N) is 1. The van der Waals surface area contributed by atoms with Gasteiger partial charge in [-0.15, -0.1) is 11.3 Å². The van der Waals surface area contributed by atoms with E-state index in [9.17, 15) is 9.59 Å². The molecule has 2 N–H and O–H groups in total. The van der Waals surface area contributed by atoms with E-state index in [0.717, 1.165) is 5.56 Å². The van der Waals surface area contributed by atoms with Gasteiger partial charge in [0.15, 0.2) is 0 Å². The van der Waals surface area contributed by atoms with Gasteiger partial charge in [-0.3, -0.25) is 9.59 Å². The third kappa shape index (κ3) is 5.21. The summed E-state index contributed by atoms with van der Waals surface area (Å²) in [5, 5.41) is 16.1. The molecule has 0 spiro atoms. The SMILES string of the molecule is C[C@H](CC#N)NC(=O)[C@H](Cc1ccccc1)NC(=O)c1cccs1. The van der Waals surface area contributed by atoms with Crippen LogP contribution in [0.1, 0.15) is 28.6 Å². The predicted octanol–water partition coefficient (Wildman–Crippen LogP) is 2.51. The zero-order valence-electron chi connectivity index (χ0n) is 13.4. The van der Waals surface area contributed by atoms with E-state index in [1.807, 2.05) is 41.8 Å². The Morgan fingerprint density at radius 2 is 1.92 bits per heavy atom. The molecule has 0 bridgehead atoms. The van der Waals surface area contributed by atoms with E-state index in [1.54, 1.807) is 19.1 Å². The molecule has 124 valence electrons. The molecule has 2 atom stereocenters. The molecule has 0 aliphatic rings. The molecule has 0 aliphatic carbocycles. The standard InChI is InChI=1S/C18H19N3O2S/c1-13(9-10-19)20-17(22)15(12-14-6-3-2-4-7-14)21-18(23)16-8-5-11-24-16/h2-8,11,13,15H,9,12H2,1H3,(H,20,22)(H,21,23)/t13-,15+/m1/s1. The maximum absolute atomic E-state index is 12.5. The summed E-state index contributed by atoms with van der Waals surface area (Å²) in [6, 6.07) is 14.1. The number of hydrogen-bond acceptors (Lipinski definition) is 4. The summed E-state index contributed by atoms with van der Waals surface area (Å²) in [5.41, 5.74) is 0.956. The lowest BCUT2D eigenvalue weighted by Crippen LogP contribution is -2.50. The van der Waals surface area contributed by atoms with Crippen LogP contribution in [0.4, 0.5) is 0 Å². The zero-order valence-corrected chi connectivity index (χ0v) is 14.2. The van der Waals surface area contributed by atoms with Crippen LogP contribution in [0.15, 0.2) is 47.8 Å². The van der Waals surface area contributed by atoms with Crippen molar-refractivity contribution in [2.24, 2.45) is 0 Å². The number of carbonyl (C=O) groups excluding carboxylic acids is 2. The first-order valence-electron chi connectivity index (χ1n) is 7.65. The van der Waals surface area contributed by atoms with Crippen molar-refractivity contribution in [3.05, 3.63) is 58.3 Å². The average Bonchev–Trinajstić information content (AvgIpc) is 3.10. The van der Waals surface area contributed by atoms with E-state index < -0.39 is 6.04 Å². The summed E-state index contributed by atoms with van der Waals surface area (Å²) < 4.78 is 0. The topological polar surface area (TPSA) is 82.0 Å². The van der Waals surface area contributed by atoms with E-state index in [1.165, 1.54) is 11.3 Å². The molecule has 2 aromatic rings. The minimum atomic E-state index is -0.692. The molecule has 1 aromatic carbocycles. The fraction of sp³-hybridized carbons (Fsp3) is 0.278. The second-order valence-corrected chi connectivity index (χ2v) is 6.41. The van der Waals surface area contributed by atoms with Crippen LogP contribution in [0.25, 0.3) is 0 Å². The van der Waals surface area contributed by atoms with Gasteiger partial charge in [-0.1, -0.05) is 36.4 Å². The van der Waals surface area contributed by atoms with Gasteiger partial charge in [0.25, 0.3) is 5.91 Å². The third-order valence-corrected chi connectivity index (χ3v) is 4.30. The van der Waals surface area contributed by atoms with Crippen LogP contribution in [0.3, 0.4) is 0 Å². The van der Waals surface area contributed by atoms with Crippen LogP contribution >= 0.6 is 11.3 Å². The lowest BCUT2D eigenvalue weighted by molar-refractivity contribution is -0.123. The summed E-state index contributed by atoms with van der Waals surface area (Å²) in [6.07, 6.45) is 0.617. The van der Waals surface area contributed by atoms with Crippen molar-refractivity contribution in [1.82, 2.24) is 10.6 Å². The minimum absolute atomic E-state index is 0.225. The van der Waals surface area contributed by atoms with Crippen molar-refractivity contribution in [3.63, 3.8) is 0 Å². The Balaban J connectivity index is 2.10. The molecule has 2 rings (SSSR count). The average molecular weight is 341 g/mol. The molecule has 24 heavy (non-hydrogen) atoms. The van der Waals surface area contributed by atoms with Gasteiger partial charge < -0.3 is 10.6 Å². The molecule has 0 fully saturated rings. The summed E-state index contributed by atoms with van der Waals surface area (Å²) in [4.78, 5) is 25.4. The van der Waals surface area contributed by atoms with Crippen molar-refractivity contribution in [1.29, 1.82) is 5.26 Å². The Labute approximate surface area is 145 Å². The van der Waals surface area contributed by atoms with E-state index in [0.29, 0.717) is 11.3 Å². The minimum Gasteiger partial charge on any atom is -0.351 e. The molecule has 0 radical (unpaired) electrons. The number of nitriles is 1. The Morgan fingerprint density at radius 3 is 2.54 bits per heavy atom. The number of nitrogens with one attached hydrogen (secondary N) is 2. The molecule has 2 amide bonds. The highest BCUT2D eigenvalue weighted by molar-refractivity contribution is 7.12. The second-order valence-electron chi connectivity index (χ2n) is 5.46. The molecule has 6 heteroatoms. The highest BCUT2D eigenvalue weighted by Gasteiger charge is 2.23. The van der Waals surface area contributed by atoms with E-state index >= 15 is 0 Å². The summed E-state index contributed by atoms with van der Waals surface area (Å²) in [6.45, 7) is 1.77. The number of carbonyl (C=O) groups is 2. The highest BCUT2D eigenvalue weighted by atomic mass is 32.1. The largest absolute Gasteiger partial charge is 0.351 e. The first-order valence-corrected chi connectivity index (χ1v) is 8.53.